The first kappa shape index (κ1) is 18.1. The summed E-state index contributed by atoms with van der Waals surface area (Å²) < 4.78 is 6.39. The number of amides is 1. The molecule has 0 atom stereocenters. The van der Waals surface area contributed by atoms with E-state index in [0.29, 0.717) is 17.9 Å². The lowest BCUT2D eigenvalue weighted by Gasteiger charge is -2.07. The number of hydrogen-bond donors (Lipinski definition) is 1. The van der Waals surface area contributed by atoms with E-state index >= 15 is 0 Å². The monoisotopic (exact) mass is 361 g/mol. The van der Waals surface area contributed by atoms with Gasteiger partial charge in [0, 0.05) is 12.1 Å². The highest BCUT2D eigenvalue weighted by Gasteiger charge is 2.06. The number of carbonyl (C=O) groups is 2. The molecule has 6 heteroatoms. The Morgan fingerprint density at radius 2 is 1.81 bits per heavy atom. The van der Waals surface area contributed by atoms with E-state index in [4.69, 9.17) is 0 Å². The van der Waals surface area contributed by atoms with Gasteiger partial charge in [-0.3, -0.25) is 4.79 Å². The summed E-state index contributed by atoms with van der Waals surface area (Å²) in [5, 5.41) is 7.07. The van der Waals surface area contributed by atoms with Crippen LogP contribution in [0.25, 0.3) is 6.08 Å². The van der Waals surface area contributed by atoms with Crippen molar-refractivity contribution in [1.29, 1.82) is 0 Å². The Bertz CT molecular complexity index is 944. The minimum Gasteiger partial charge on any atom is -0.465 e. The quantitative estimate of drug-likeness (QED) is 0.540. The van der Waals surface area contributed by atoms with Crippen LogP contribution in [0.4, 0.5) is 5.82 Å². The number of nitrogens with one attached hydrogen (secondary N) is 1. The van der Waals surface area contributed by atoms with Gasteiger partial charge in [0.25, 0.3) is 0 Å². The fourth-order valence-corrected chi connectivity index (χ4v) is 2.51. The van der Waals surface area contributed by atoms with Crippen LogP contribution in [0.2, 0.25) is 0 Å². The lowest BCUT2D eigenvalue weighted by molar-refractivity contribution is -0.111. The fraction of sp³-hybridized carbons (Fsp3) is 0.0952. The van der Waals surface area contributed by atoms with Crippen LogP contribution in [-0.2, 0) is 16.1 Å². The molecule has 1 N–H and O–H groups in total. The molecule has 0 saturated carbocycles. The molecular formula is C21H19N3O3. The molecule has 0 saturated heterocycles. The van der Waals surface area contributed by atoms with Crippen LogP contribution >= 0.6 is 0 Å². The van der Waals surface area contributed by atoms with Crippen molar-refractivity contribution in [2.75, 3.05) is 12.4 Å². The fourth-order valence-electron chi connectivity index (χ4n) is 2.51. The van der Waals surface area contributed by atoms with Crippen molar-refractivity contribution in [2.24, 2.45) is 0 Å². The van der Waals surface area contributed by atoms with Crippen molar-refractivity contribution < 1.29 is 14.3 Å². The van der Waals surface area contributed by atoms with E-state index in [1.165, 1.54) is 13.2 Å². The summed E-state index contributed by atoms with van der Waals surface area (Å²) in [7, 11) is 1.34. The molecule has 0 aliphatic heterocycles. The van der Waals surface area contributed by atoms with E-state index in [1.807, 2.05) is 30.3 Å². The topological polar surface area (TPSA) is 73.2 Å². The standard InChI is InChI=1S/C21H19N3O3/c1-27-21(26)18-10-7-16(8-11-18)9-12-20(25)23-19-13-14-22-24(19)15-17-5-3-2-4-6-17/h2-14H,15H2,1H3,(H,23,25)/b12-9+. The van der Waals surface area contributed by atoms with Gasteiger partial charge in [0.2, 0.25) is 5.91 Å². The van der Waals surface area contributed by atoms with E-state index < -0.39 is 5.97 Å². The maximum Gasteiger partial charge on any atom is 0.337 e. The Kier molecular flexibility index (Phi) is 5.79. The summed E-state index contributed by atoms with van der Waals surface area (Å²) in [6.07, 6.45) is 4.76. The third-order valence-electron chi connectivity index (χ3n) is 3.90. The Hall–Kier alpha value is -3.67. The third kappa shape index (κ3) is 4.92. The number of ether oxygens (including phenoxy) is 1. The number of esters is 1. The van der Waals surface area contributed by atoms with E-state index in [0.717, 1.165) is 11.1 Å². The first-order valence-electron chi connectivity index (χ1n) is 8.39. The average Bonchev–Trinajstić information content (AvgIpc) is 3.13. The van der Waals surface area contributed by atoms with Gasteiger partial charge in [0.15, 0.2) is 0 Å². The molecule has 0 unspecified atom stereocenters. The van der Waals surface area contributed by atoms with Gasteiger partial charge in [-0.05, 0) is 29.3 Å². The zero-order valence-electron chi connectivity index (χ0n) is 14.8. The smallest absolute Gasteiger partial charge is 0.337 e. The van der Waals surface area contributed by atoms with Crippen LogP contribution in [0.15, 0.2) is 72.9 Å². The van der Waals surface area contributed by atoms with E-state index in [1.54, 1.807) is 47.3 Å². The van der Waals surface area contributed by atoms with Gasteiger partial charge in [-0.25, -0.2) is 9.48 Å². The molecule has 0 bridgehead atoms. The molecule has 0 spiro atoms. The van der Waals surface area contributed by atoms with Crippen molar-refractivity contribution in [3.63, 3.8) is 0 Å². The van der Waals surface area contributed by atoms with Crippen molar-refractivity contribution >= 4 is 23.8 Å². The third-order valence-corrected chi connectivity index (χ3v) is 3.90. The molecular weight excluding hydrogens is 342 g/mol. The average molecular weight is 361 g/mol. The van der Waals surface area contributed by atoms with E-state index in [2.05, 4.69) is 15.2 Å². The van der Waals surface area contributed by atoms with Gasteiger partial charge in [-0.15, -0.1) is 0 Å². The Balaban J connectivity index is 1.62. The van der Waals surface area contributed by atoms with Crippen molar-refractivity contribution in [1.82, 2.24) is 9.78 Å². The zero-order valence-corrected chi connectivity index (χ0v) is 14.8. The van der Waals surface area contributed by atoms with Crippen LogP contribution in [0.1, 0.15) is 21.5 Å². The van der Waals surface area contributed by atoms with Gasteiger partial charge in [0.05, 0.1) is 25.4 Å². The lowest BCUT2D eigenvalue weighted by atomic mass is 10.1. The number of rotatable bonds is 6. The van der Waals surface area contributed by atoms with Crippen LogP contribution in [0.5, 0.6) is 0 Å². The predicted octanol–water partition coefficient (Wildman–Crippen LogP) is 3.37. The van der Waals surface area contributed by atoms with Crippen molar-refractivity contribution in [2.45, 2.75) is 6.54 Å². The predicted molar refractivity (Wildman–Crippen MR) is 103 cm³/mol. The highest BCUT2D eigenvalue weighted by molar-refractivity contribution is 6.01. The number of carbonyl (C=O) groups excluding carboxylic acids is 2. The van der Waals surface area contributed by atoms with Gasteiger partial charge in [0.1, 0.15) is 5.82 Å². The second-order valence-electron chi connectivity index (χ2n) is 5.80. The molecule has 1 aromatic heterocycles. The summed E-state index contributed by atoms with van der Waals surface area (Å²) in [5.41, 5.74) is 2.36. The largest absolute Gasteiger partial charge is 0.465 e. The molecule has 1 heterocycles. The van der Waals surface area contributed by atoms with Gasteiger partial charge >= 0.3 is 5.97 Å². The molecule has 3 aromatic rings. The number of benzene rings is 2. The summed E-state index contributed by atoms with van der Waals surface area (Å²) in [6.45, 7) is 0.572. The molecule has 1 amide bonds. The number of hydrogen-bond acceptors (Lipinski definition) is 4. The molecule has 2 aromatic carbocycles. The number of nitrogens with zero attached hydrogens (tertiary/aromatic N) is 2. The number of aromatic nitrogens is 2. The summed E-state index contributed by atoms with van der Waals surface area (Å²) in [6, 6.07) is 18.4. The van der Waals surface area contributed by atoms with Crippen LogP contribution in [0.3, 0.4) is 0 Å². The second-order valence-corrected chi connectivity index (χ2v) is 5.80. The Morgan fingerprint density at radius 3 is 2.52 bits per heavy atom. The summed E-state index contributed by atoms with van der Waals surface area (Å²) in [5.74, 6) is -0.0358. The first-order valence-corrected chi connectivity index (χ1v) is 8.39. The second kappa shape index (κ2) is 8.62. The zero-order chi connectivity index (χ0) is 19.1. The molecule has 3 rings (SSSR count). The molecule has 27 heavy (non-hydrogen) atoms. The van der Waals surface area contributed by atoms with Crippen LogP contribution in [0, 0.1) is 0 Å². The molecule has 136 valence electrons. The lowest BCUT2D eigenvalue weighted by Crippen LogP contribution is -2.13. The number of anilines is 1. The number of methoxy groups -OCH3 is 1. The Morgan fingerprint density at radius 1 is 1.07 bits per heavy atom. The van der Waals surface area contributed by atoms with Crippen molar-refractivity contribution in [3.05, 3.63) is 89.6 Å². The van der Waals surface area contributed by atoms with E-state index in [9.17, 15) is 9.59 Å². The molecule has 0 aliphatic rings. The summed E-state index contributed by atoms with van der Waals surface area (Å²) >= 11 is 0. The minimum atomic E-state index is -0.394. The maximum absolute atomic E-state index is 12.2. The minimum absolute atomic E-state index is 0.262. The maximum atomic E-state index is 12.2. The molecule has 0 fully saturated rings. The van der Waals surface area contributed by atoms with Crippen LogP contribution in [-0.4, -0.2) is 28.8 Å². The normalized spacial score (nSPS) is 10.7. The molecule has 0 aliphatic carbocycles. The Labute approximate surface area is 157 Å². The van der Waals surface area contributed by atoms with Gasteiger partial charge < -0.3 is 10.1 Å². The molecule has 6 nitrogen and oxygen atoms in total. The van der Waals surface area contributed by atoms with Crippen LogP contribution < -0.4 is 5.32 Å². The summed E-state index contributed by atoms with van der Waals surface area (Å²) in [4.78, 5) is 23.6. The molecule has 0 radical (unpaired) electrons. The van der Waals surface area contributed by atoms with Gasteiger partial charge in [-0.2, -0.15) is 5.10 Å². The SMILES string of the molecule is COC(=O)c1ccc(/C=C/C(=O)Nc2ccnn2Cc2ccccc2)cc1. The van der Waals surface area contributed by atoms with Crippen molar-refractivity contribution in [3.8, 4) is 0 Å². The van der Waals surface area contributed by atoms with E-state index in [-0.39, 0.29) is 5.91 Å². The first-order chi connectivity index (χ1) is 13.2. The highest BCUT2D eigenvalue weighted by Crippen LogP contribution is 2.11. The van der Waals surface area contributed by atoms with Gasteiger partial charge in [-0.1, -0.05) is 42.5 Å². The highest BCUT2D eigenvalue weighted by atomic mass is 16.5.